The number of fused-ring (bicyclic) bond motifs is 1. The predicted molar refractivity (Wildman–Crippen MR) is 81.3 cm³/mol. The molecule has 0 bridgehead atoms. The van der Waals surface area contributed by atoms with Gasteiger partial charge in [-0.25, -0.2) is 9.50 Å². The molecule has 1 saturated heterocycles. The summed E-state index contributed by atoms with van der Waals surface area (Å²) in [5, 5.41) is 4.41. The molecule has 0 unspecified atom stereocenters. The van der Waals surface area contributed by atoms with Crippen molar-refractivity contribution in [1.29, 1.82) is 0 Å². The van der Waals surface area contributed by atoms with Gasteiger partial charge in [-0.05, 0) is 32.1 Å². The third kappa shape index (κ3) is 2.52. The molecule has 2 aromatic heterocycles. The lowest BCUT2D eigenvalue weighted by Crippen LogP contribution is -2.43. The molecule has 0 saturated carbocycles. The highest BCUT2D eigenvalue weighted by Gasteiger charge is 2.27. The summed E-state index contributed by atoms with van der Waals surface area (Å²) in [6.07, 6.45) is 2.89. The SMILES string of the molecule is Cc1cc2ncc(C(=O)N3C[C@@H](C)C[C@H](C)C3)c(C)n2n1. The Morgan fingerprint density at radius 2 is 1.90 bits per heavy atom. The van der Waals surface area contributed by atoms with E-state index in [1.54, 1.807) is 10.7 Å². The number of amides is 1. The van der Waals surface area contributed by atoms with Gasteiger partial charge in [-0.15, -0.1) is 0 Å². The van der Waals surface area contributed by atoms with Gasteiger partial charge in [-0.2, -0.15) is 5.10 Å². The molecule has 0 aliphatic carbocycles. The monoisotopic (exact) mass is 286 g/mol. The fraction of sp³-hybridized carbons (Fsp3) is 0.562. The molecule has 2 atom stereocenters. The average Bonchev–Trinajstić information content (AvgIpc) is 2.79. The van der Waals surface area contributed by atoms with E-state index in [1.165, 1.54) is 6.42 Å². The van der Waals surface area contributed by atoms with Gasteiger partial charge in [-0.1, -0.05) is 13.8 Å². The first-order valence-electron chi connectivity index (χ1n) is 7.57. The number of carbonyl (C=O) groups excluding carboxylic acids is 1. The zero-order chi connectivity index (χ0) is 15.1. The number of piperidine rings is 1. The van der Waals surface area contributed by atoms with Gasteiger partial charge in [0, 0.05) is 25.4 Å². The van der Waals surface area contributed by atoms with Crippen LogP contribution in [0.25, 0.3) is 5.65 Å². The molecule has 2 aromatic rings. The summed E-state index contributed by atoms with van der Waals surface area (Å²) >= 11 is 0. The smallest absolute Gasteiger partial charge is 0.257 e. The molecule has 1 amide bonds. The highest BCUT2D eigenvalue weighted by molar-refractivity contribution is 5.95. The maximum absolute atomic E-state index is 12.8. The predicted octanol–water partition coefficient (Wildman–Crippen LogP) is 2.46. The molecular weight excluding hydrogens is 264 g/mol. The highest BCUT2D eigenvalue weighted by Crippen LogP contribution is 2.23. The minimum atomic E-state index is 0.0773. The van der Waals surface area contributed by atoms with E-state index >= 15 is 0 Å². The van der Waals surface area contributed by atoms with Crippen LogP contribution in [0.15, 0.2) is 12.3 Å². The molecule has 3 rings (SSSR count). The summed E-state index contributed by atoms with van der Waals surface area (Å²) in [5.74, 6) is 1.19. The van der Waals surface area contributed by atoms with Gasteiger partial charge in [0.25, 0.3) is 5.91 Å². The van der Waals surface area contributed by atoms with Crippen LogP contribution in [-0.4, -0.2) is 38.5 Å². The topological polar surface area (TPSA) is 50.5 Å². The maximum atomic E-state index is 12.8. The van der Waals surface area contributed by atoms with Gasteiger partial charge < -0.3 is 4.90 Å². The standard InChI is InChI=1S/C16H22N4O/c1-10-5-11(2)9-19(8-10)16(21)14-7-17-15-6-12(3)18-20(15)13(14)4/h6-7,10-11H,5,8-9H2,1-4H3/t10-,11-/m0/s1. The third-order valence-corrected chi connectivity index (χ3v) is 4.23. The Morgan fingerprint density at radius 3 is 2.57 bits per heavy atom. The van der Waals surface area contributed by atoms with Crippen molar-refractivity contribution < 1.29 is 4.79 Å². The van der Waals surface area contributed by atoms with Crippen LogP contribution in [0.4, 0.5) is 0 Å². The molecule has 1 aliphatic heterocycles. The first-order valence-corrected chi connectivity index (χ1v) is 7.57. The van der Waals surface area contributed by atoms with Gasteiger partial charge in [-0.3, -0.25) is 4.79 Å². The Bertz CT molecular complexity index is 681. The fourth-order valence-corrected chi connectivity index (χ4v) is 3.37. The number of aromatic nitrogens is 3. The zero-order valence-corrected chi connectivity index (χ0v) is 13.1. The largest absolute Gasteiger partial charge is 0.338 e. The van der Waals surface area contributed by atoms with Crippen molar-refractivity contribution in [3.05, 3.63) is 29.2 Å². The van der Waals surface area contributed by atoms with E-state index in [0.717, 1.165) is 30.1 Å². The molecule has 21 heavy (non-hydrogen) atoms. The Kier molecular flexibility index (Phi) is 3.43. The molecule has 5 heteroatoms. The minimum absolute atomic E-state index is 0.0773. The Balaban J connectivity index is 1.96. The first-order chi connectivity index (χ1) is 9.95. The number of nitrogens with zero attached hydrogens (tertiary/aromatic N) is 4. The van der Waals surface area contributed by atoms with Crippen molar-refractivity contribution in [2.75, 3.05) is 13.1 Å². The molecule has 112 valence electrons. The van der Waals surface area contributed by atoms with Crippen LogP contribution < -0.4 is 0 Å². The van der Waals surface area contributed by atoms with Crippen LogP contribution in [0.2, 0.25) is 0 Å². The number of rotatable bonds is 1. The van der Waals surface area contributed by atoms with Crippen molar-refractivity contribution in [2.45, 2.75) is 34.1 Å². The second-order valence-electron chi connectivity index (χ2n) is 6.47. The van der Waals surface area contributed by atoms with Gasteiger partial charge >= 0.3 is 0 Å². The van der Waals surface area contributed by atoms with Crippen LogP contribution in [0.5, 0.6) is 0 Å². The van der Waals surface area contributed by atoms with Crippen LogP contribution >= 0.6 is 0 Å². The number of aryl methyl sites for hydroxylation is 2. The number of carbonyl (C=O) groups is 1. The number of hydrogen-bond acceptors (Lipinski definition) is 3. The maximum Gasteiger partial charge on any atom is 0.257 e. The summed E-state index contributed by atoms with van der Waals surface area (Å²) in [5.41, 5.74) is 3.23. The van der Waals surface area contributed by atoms with Crippen molar-refractivity contribution in [1.82, 2.24) is 19.5 Å². The van der Waals surface area contributed by atoms with Crippen molar-refractivity contribution in [2.24, 2.45) is 11.8 Å². The van der Waals surface area contributed by atoms with E-state index in [9.17, 15) is 4.79 Å². The van der Waals surface area contributed by atoms with E-state index in [1.807, 2.05) is 24.8 Å². The highest BCUT2D eigenvalue weighted by atomic mass is 16.2. The summed E-state index contributed by atoms with van der Waals surface area (Å²) in [6.45, 7) is 9.95. The van der Waals surface area contributed by atoms with E-state index in [2.05, 4.69) is 23.9 Å². The summed E-state index contributed by atoms with van der Waals surface area (Å²) in [7, 11) is 0. The second-order valence-corrected chi connectivity index (χ2v) is 6.47. The van der Waals surface area contributed by atoms with E-state index in [-0.39, 0.29) is 5.91 Å². The quantitative estimate of drug-likeness (QED) is 0.809. The molecule has 0 spiro atoms. The molecule has 1 fully saturated rings. The normalized spacial score (nSPS) is 22.8. The molecular formula is C16H22N4O. The average molecular weight is 286 g/mol. The summed E-state index contributed by atoms with van der Waals surface area (Å²) < 4.78 is 1.76. The van der Waals surface area contributed by atoms with Gasteiger partial charge in [0.15, 0.2) is 5.65 Å². The van der Waals surface area contributed by atoms with Gasteiger partial charge in [0.1, 0.15) is 0 Å². The lowest BCUT2D eigenvalue weighted by molar-refractivity contribution is 0.0621. The Hall–Kier alpha value is -1.91. The second kappa shape index (κ2) is 5.13. The van der Waals surface area contributed by atoms with E-state index in [0.29, 0.717) is 17.4 Å². The number of likely N-dealkylation sites (tertiary alicyclic amines) is 1. The minimum Gasteiger partial charge on any atom is -0.338 e. The Labute approximate surface area is 125 Å². The lowest BCUT2D eigenvalue weighted by atomic mass is 9.91. The van der Waals surface area contributed by atoms with E-state index in [4.69, 9.17) is 0 Å². The molecule has 5 nitrogen and oxygen atoms in total. The van der Waals surface area contributed by atoms with Crippen LogP contribution in [-0.2, 0) is 0 Å². The number of hydrogen-bond donors (Lipinski definition) is 0. The molecule has 0 N–H and O–H groups in total. The van der Waals surface area contributed by atoms with Gasteiger partial charge in [0.05, 0.1) is 17.0 Å². The summed E-state index contributed by atoms with van der Waals surface area (Å²) in [4.78, 5) is 19.1. The summed E-state index contributed by atoms with van der Waals surface area (Å²) in [6, 6.07) is 1.92. The van der Waals surface area contributed by atoms with Gasteiger partial charge in [0.2, 0.25) is 0 Å². The van der Waals surface area contributed by atoms with E-state index < -0.39 is 0 Å². The fourth-order valence-electron chi connectivity index (χ4n) is 3.37. The van der Waals surface area contributed by atoms with Crippen molar-refractivity contribution in [3.63, 3.8) is 0 Å². The first kappa shape index (κ1) is 14.0. The van der Waals surface area contributed by atoms with Crippen molar-refractivity contribution in [3.8, 4) is 0 Å². The molecule has 0 aromatic carbocycles. The zero-order valence-electron chi connectivity index (χ0n) is 13.1. The molecule has 3 heterocycles. The molecule has 0 radical (unpaired) electrons. The van der Waals surface area contributed by atoms with Crippen LogP contribution in [0.3, 0.4) is 0 Å². The molecule has 1 aliphatic rings. The lowest BCUT2D eigenvalue weighted by Gasteiger charge is -2.35. The van der Waals surface area contributed by atoms with Crippen LogP contribution in [0, 0.1) is 25.7 Å². The van der Waals surface area contributed by atoms with Crippen molar-refractivity contribution >= 4 is 11.6 Å². The van der Waals surface area contributed by atoms with Crippen LogP contribution in [0.1, 0.15) is 42.0 Å². The Morgan fingerprint density at radius 1 is 1.24 bits per heavy atom. The third-order valence-electron chi connectivity index (χ3n) is 4.23.